The number of furan rings is 1. The summed E-state index contributed by atoms with van der Waals surface area (Å²) in [6.45, 7) is 0. The lowest BCUT2D eigenvalue weighted by Gasteiger charge is -1.99. The summed E-state index contributed by atoms with van der Waals surface area (Å²) < 4.78 is 12.0. The van der Waals surface area contributed by atoms with Crippen LogP contribution in [0.1, 0.15) is 11.3 Å². The maximum atomic E-state index is 12.0. The molecule has 4 nitrogen and oxygen atoms in total. The molecule has 25 heavy (non-hydrogen) atoms. The van der Waals surface area contributed by atoms with Gasteiger partial charge in [-0.1, -0.05) is 52.3 Å². The molecule has 0 amide bonds. The maximum Gasteiger partial charge on any atom is 0.363 e. The molecule has 5 heteroatoms. The van der Waals surface area contributed by atoms with Crippen molar-refractivity contribution in [3.8, 4) is 11.3 Å². The molecule has 1 aliphatic rings. The highest BCUT2D eigenvalue weighted by Crippen LogP contribution is 2.30. The molecule has 0 fully saturated rings. The Hall–Kier alpha value is -2.92. The Morgan fingerprint density at radius 3 is 2.48 bits per heavy atom. The average molecular weight is 394 g/mol. The number of nitrogens with zero attached hydrogens (tertiary/aromatic N) is 1. The number of esters is 1. The first kappa shape index (κ1) is 15.6. The van der Waals surface area contributed by atoms with Gasteiger partial charge in [0.05, 0.1) is 0 Å². The van der Waals surface area contributed by atoms with Gasteiger partial charge in [-0.05, 0) is 30.3 Å². The second-order valence-electron chi connectivity index (χ2n) is 5.38. The van der Waals surface area contributed by atoms with Gasteiger partial charge in [-0.25, -0.2) is 9.79 Å². The third kappa shape index (κ3) is 3.19. The summed E-state index contributed by atoms with van der Waals surface area (Å²) in [5.41, 5.74) is 1.91. The molecule has 0 saturated heterocycles. The molecule has 122 valence electrons. The van der Waals surface area contributed by atoms with Crippen molar-refractivity contribution in [1.29, 1.82) is 0 Å². The molecule has 0 unspecified atom stereocenters. The Kier molecular flexibility index (Phi) is 4.07. The molecule has 0 saturated carbocycles. The van der Waals surface area contributed by atoms with Crippen LogP contribution in [0.5, 0.6) is 0 Å². The van der Waals surface area contributed by atoms with E-state index in [1.54, 1.807) is 12.1 Å². The van der Waals surface area contributed by atoms with Gasteiger partial charge in [-0.2, -0.15) is 0 Å². The molecule has 0 radical (unpaired) electrons. The van der Waals surface area contributed by atoms with Gasteiger partial charge in [0.25, 0.3) is 0 Å². The zero-order chi connectivity index (χ0) is 17.2. The molecule has 1 aliphatic heterocycles. The molecule has 2 heterocycles. The predicted octanol–water partition coefficient (Wildman–Crippen LogP) is 5.05. The highest BCUT2D eigenvalue weighted by Gasteiger charge is 2.24. The molecule has 0 spiro atoms. The Balaban J connectivity index is 1.64. The number of carbonyl (C=O) groups is 1. The minimum Gasteiger partial charge on any atom is -0.457 e. The van der Waals surface area contributed by atoms with Crippen molar-refractivity contribution in [3.63, 3.8) is 0 Å². The van der Waals surface area contributed by atoms with E-state index in [0.29, 0.717) is 17.4 Å². The van der Waals surface area contributed by atoms with Crippen LogP contribution in [0.15, 0.2) is 86.3 Å². The topological polar surface area (TPSA) is 51.8 Å². The van der Waals surface area contributed by atoms with Crippen LogP contribution < -0.4 is 0 Å². The fraction of sp³-hybridized carbons (Fsp3) is 0. The number of cyclic esters (lactones) is 1. The van der Waals surface area contributed by atoms with E-state index in [1.165, 1.54) is 0 Å². The largest absolute Gasteiger partial charge is 0.457 e. The Morgan fingerprint density at radius 2 is 1.68 bits per heavy atom. The number of benzene rings is 2. The first-order chi connectivity index (χ1) is 12.2. The lowest BCUT2D eigenvalue weighted by atomic mass is 10.2. The van der Waals surface area contributed by atoms with Gasteiger partial charge in [-0.15, -0.1) is 0 Å². The number of aliphatic imine (C=N–C) groups is 1. The van der Waals surface area contributed by atoms with Gasteiger partial charge in [0.2, 0.25) is 5.90 Å². The number of halogens is 1. The molecule has 0 bridgehead atoms. The number of ether oxygens (including phenoxy) is 1. The summed E-state index contributed by atoms with van der Waals surface area (Å²) in [6.07, 6.45) is 1.58. The SMILES string of the molecule is O=C1OC(c2ccccc2)=NC1=Cc1ccc(-c2ccccc2Br)o1. The normalized spacial score (nSPS) is 15.3. The summed E-state index contributed by atoms with van der Waals surface area (Å²) in [5.74, 6) is 1.06. The number of carbonyl (C=O) groups excluding carboxylic acids is 1. The van der Waals surface area contributed by atoms with Gasteiger partial charge < -0.3 is 9.15 Å². The molecule has 0 N–H and O–H groups in total. The van der Waals surface area contributed by atoms with Crippen LogP contribution in [0.4, 0.5) is 0 Å². The Bertz CT molecular complexity index is 1000. The molecular formula is C20H12BrNO3. The summed E-state index contributed by atoms with van der Waals surface area (Å²) >= 11 is 3.50. The zero-order valence-corrected chi connectivity index (χ0v) is 14.6. The predicted molar refractivity (Wildman–Crippen MR) is 98.9 cm³/mol. The van der Waals surface area contributed by atoms with Crippen LogP contribution in [0, 0.1) is 0 Å². The van der Waals surface area contributed by atoms with Crippen LogP contribution in [-0.4, -0.2) is 11.9 Å². The molecule has 0 atom stereocenters. The lowest BCUT2D eigenvalue weighted by molar-refractivity contribution is -0.129. The fourth-order valence-electron chi connectivity index (χ4n) is 2.48. The van der Waals surface area contributed by atoms with Crippen molar-refractivity contribution in [1.82, 2.24) is 0 Å². The van der Waals surface area contributed by atoms with Gasteiger partial charge in [0, 0.05) is 21.7 Å². The highest BCUT2D eigenvalue weighted by molar-refractivity contribution is 9.10. The van der Waals surface area contributed by atoms with E-state index in [1.807, 2.05) is 60.7 Å². The average Bonchev–Trinajstić information content (AvgIpc) is 3.24. The molecular weight excluding hydrogens is 382 g/mol. The van der Waals surface area contributed by atoms with Gasteiger partial charge >= 0.3 is 5.97 Å². The Labute approximate surface area is 152 Å². The molecule has 3 aromatic rings. The maximum absolute atomic E-state index is 12.0. The second kappa shape index (κ2) is 6.53. The van der Waals surface area contributed by atoms with E-state index in [-0.39, 0.29) is 5.70 Å². The number of rotatable bonds is 3. The summed E-state index contributed by atoms with van der Waals surface area (Å²) in [4.78, 5) is 16.3. The van der Waals surface area contributed by atoms with Crippen molar-refractivity contribution in [2.45, 2.75) is 0 Å². The summed E-state index contributed by atoms with van der Waals surface area (Å²) in [6, 6.07) is 20.7. The van der Waals surface area contributed by atoms with Gasteiger partial charge in [0.1, 0.15) is 11.5 Å². The minimum atomic E-state index is -0.488. The molecule has 2 aromatic carbocycles. The highest BCUT2D eigenvalue weighted by atomic mass is 79.9. The standard InChI is InChI=1S/C20H12BrNO3/c21-16-9-5-4-8-15(16)18-11-10-14(24-18)12-17-20(23)25-19(22-17)13-6-2-1-3-7-13/h1-12H. The monoisotopic (exact) mass is 393 g/mol. The minimum absolute atomic E-state index is 0.215. The van der Waals surface area contributed by atoms with Crippen LogP contribution in [0.3, 0.4) is 0 Å². The summed E-state index contributed by atoms with van der Waals surface area (Å²) in [7, 11) is 0. The first-order valence-corrected chi connectivity index (χ1v) is 8.43. The van der Waals surface area contributed by atoms with Crippen LogP contribution in [0.25, 0.3) is 17.4 Å². The van der Waals surface area contributed by atoms with E-state index in [0.717, 1.165) is 15.6 Å². The van der Waals surface area contributed by atoms with Gasteiger partial charge in [0.15, 0.2) is 5.70 Å². The molecule has 0 aliphatic carbocycles. The quantitative estimate of drug-likeness (QED) is 0.461. The molecule has 1 aromatic heterocycles. The fourth-order valence-corrected chi connectivity index (χ4v) is 2.96. The van der Waals surface area contributed by atoms with Crippen molar-refractivity contribution < 1.29 is 13.9 Å². The zero-order valence-electron chi connectivity index (χ0n) is 13.0. The van der Waals surface area contributed by atoms with E-state index in [2.05, 4.69) is 20.9 Å². The summed E-state index contributed by atoms with van der Waals surface area (Å²) in [5, 5.41) is 0. The number of hydrogen-bond donors (Lipinski definition) is 0. The van der Waals surface area contributed by atoms with Crippen molar-refractivity contribution in [3.05, 3.63) is 88.2 Å². The van der Waals surface area contributed by atoms with Gasteiger partial charge in [-0.3, -0.25) is 0 Å². The number of hydrogen-bond acceptors (Lipinski definition) is 4. The van der Waals surface area contributed by atoms with E-state index < -0.39 is 5.97 Å². The second-order valence-corrected chi connectivity index (χ2v) is 6.24. The van der Waals surface area contributed by atoms with E-state index >= 15 is 0 Å². The van der Waals surface area contributed by atoms with E-state index in [4.69, 9.17) is 9.15 Å². The van der Waals surface area contributed by atoms with Crippen LogP contribution in [-0.2, 0) is 9.53 Å². The smallest absolute Gasteiger partial charge is 0.363 e. The first-order valence-electron chi connectivity index (χ1n) is 7.63. The lowest BCUT2D eigenvalue weighted by Crippen LogP contribution is -2.04. The van der Waals surface area contributed by atoms with E-state index in [9.17, 15) is 4.79 Å². The van der Waals surface area contributed by atoms with Crippen LogP contribution >= 0.6 is 15.9 Å². The van der Waals surface area contributed by atoms with Crippen molar-refractivity contribution in [2.24, 2.45) is 4.99 Å². The third-order valence-electron chi connectivity index (χ3n) is 3.69. The molecule has 4 rings (SSSR count). The van der Waals surface area contributed by atoms with Crippen molar-refractivity contribution >= 4 is 33.9 Å². The third-order valence-corrected chi connectivity index (χ3v) is 4.38. The van der Waals surface area contributed by atoms with Crippen molar-refractivity contribution in [2.75, 3.05) is 0 Å². The Morgan fingerprint density at radius 1 is 0.920 bits per heavy atom. The van der Waals surface area contributed by atoms with Crippen LogP contribution in [0.2, 0.25) is 0 Å².